The van der Waals surface area contributed by atoms with E-state index in [1.165, 1.54) is 4.80 Å². The van der Waals surface area contributed by atoms with Gasteiger partial charge in [-0.3, -0.25) is 9.59 Å². The predicted octanol–water partition coefficient (Wildman–Crippen LogP) is 3.04. The van der Waals surface area contributed by atoms with Crippen molar-refractivity contribution in [3.8, 4) is 11.4 Å². The highest BCUT2D eigenvalue weighted by molar-refractivity contribution is 9.10. The van der Waals surface area contributed by atoms with Gasteiger partial charge in [-0.05, 0) is 61.4 Å². The summed E-state index contributed by atoms with van der Waals surface area (Å²) in [6, 6.07) is 12.5. The number of nitrogens with zero attached hydrogens (tertiary/aromatic N) is 4. The summed E-state index contributed by atoms with van der Waals surface area (Å²) in [5.41, 5.74) is 3.48. The number of anilines is 1. The molecular weight excluding hydrogens is 436 g/mol. The minimum Gasteiger partial charge on any atom is -0.345 e. The van der Waals surface area contributed by atoms with Crippen molar-refractivity contribution in [2.45, 2.75) is 26.8 Å². The molecule has 2 aromatic carbocycles. The van der Waals surface area contributed by atoms with E-state index in [1.54, 1.807) is 6.92 Å². The molecule has 1 heterocycles. The smallest absolute Gasteiger partial charge is 0.246 e. The Morgan fingerprint density at radius 3 is 2.41 bits per heavy atom. The Balaban J connectivity index is 1.58. The van der Waals surface area contributed by atoms with Crippen molar-refractivity contribution in [3.63, 3.8) is 0 Å². The molecule has 1 unspecified atom stereocenters. The van der Waals surface area contributed by atoms with Crippen molar-refractivity contribution in [2.24, 2.45) is 0 Å². The zero-order chi connectivity index (χ0) is 21.0. The van der Waals surface area contributed by atoms with Gasteiger partial charge in [-0.15, -0.1) is 10.2 Å². The molecule has 3 rings (SSSR count). The third-order valence-corrected chi connectivity index (χ3v) is 4.95. The average Bonchev–Trinajstić information content (AvgIpc) is 3.19. The fourth-order valence-corrected chi connectivity index (χ4v) is 2.98. The number of halogens is 1. The molecule has 2 N–H and O–H groups in total. The lowest BCUT2D eigenvalue weighted by molar-refractivity contribution is -0.126. The van der Waals surface area contributed by atoms with Crippen LogP contribution in [0.5, 0.6) is 0 Å². The monoisotopic (exact) mass is 456 g/mol. The molecule has 0 aliphatic carbocycles. The molecule has 2 amide bonds. The van der Waals surface area contributed by atoms with Crippen LogP contribution in [-0.2, 0) is 9.59 Å². The average molecular weight is 457 g/mol. The highest BCUT2D eigenvalue weighted by Gasteiger charge is 2.19. The fourth-order valence-electron chi connectivity index (χ4n) is 2.72. The second kappa shape index (κ2) is 8.95. The molecule has 9 heteroatoms. The van der Waals surface area contributed by atoms with Crippen molar-refractivity contribution in [3.05, 3.63) is 58.1 Å². The number of hydrogen-bond acceptors (Lipinski definition) is 5. The van der Waals surface area contributed by atoms with E-state index < -0.39 is 6.04 Å². The van der Waals surface area contributed by atoms with E-state index in [9.17, 15) is 9.59 Å². The van der Waals surface area contributed by atoms with Gasteiger partial charge >= 0.3 is 0 Å². The Hall–Kier alpha value is -3.07. The van der Waals surface area contributed by atoms with Crippen LogP contribution in [0, 0.1) is 13.8 Å². The summed E-state index contributed by atoms with van der Waals surface area (Å²) in [6.07, 6.45) is 0. The minimum absolute atomic E-state index is 0.148. The zero-order valence-corrected chi connectivity index (χ0v) is 17.9. The third kappa shape index (κ3) is 5.05. The van der Waals surface area contributed by atoms with Gasteiger partial charge in [-0.2, -0.15) is 4.80 Å². The largest absolute Gasteiger partial charge is 0.345 e. The molecule has 0 saturated heterocycles. The van der Waals surface area contributed by atoms with Crippen molar-refractivity contribution in [1.82, 2.24) is 25.5 Å². The number of amides is 2. The van der Waals surface area contributed by atoms with Gasteiger partial charge in [0.15, 0.2) is 0 Å². The maximum Gasteiger partial charge on any atom is 0.246 e. The summed E-state index contributed by atoms with van der Waals surface area (Å²) in [4.78, 5) is 25.8. The van der Waals surface area contributed by atoms with Crippen LogP contribution in [0.25, 0.3) is 11.4 Å². The van der Waals surface area contributed by atoms with Gasteiger partial charge < -0.3 is 10.6 Å². The van der Waals surface area contributed by atoms with Crippen LogP contribution in [0.3, 0.4) is 0 Å². The number of aromatic nitrogens is 4. The van der Waals surface area contributed by atoms with Crippen molar-refractivity contribution in [1.29, 1.82) is 0 Å². The van der Waals surface area contributed by atoms with Crippen LogP contribution >= 0.6 is 15.9 Å². The van der Waals surface area contributed by atoms with Crippen LogP contribution in [0.15, 0.2) is 46.9 Å². The predicted molar refractivity (Wildman–Crippen MR) is 113 cm³/mol. The quantitative estimate of drug-likeness (QED) is 0.593. The van der Waals surface area contributed by atoms with Crippen LogP contribution in [-0.4, -0.2) is 38.6 Å². The van der Waals surface area contributed by atoms with Gasteiger partial charge in [0.25, 0.3) is 0 Å². The number of tetrazole rings is 1. The minimum atomic E-state index is -0.709. The molecule has 1 atom stereocenters. The molecule has 0 fully saturated rings. The SMILES string of the molecule is Cc1cccc(C)c1NC(=O)CNC(=O)C(C)n1nnc(-c2ccc(Br)cc2)n1. The second-order valence-corrected chi connectivity index (χ2v) is 7.56. The Labute approximate surface area is 176 Å². The number of nitrogens with one attached hydrogen (secondary N) is 2. The van der Waals surface area contributed by atoms with Crippen LogP contribution < -0.4 is 10.6 Å². The standard InChI is InChI=1S/C20H21BrN6O2/c1-12-5-4-6-13(2)18(12)23-17(28)11-22-20(29)14(3)27-25-19(24-26-27)15-7-9-16(21)10-8-15/h4-10,14H,11H2,1-3H3,(H,22,29)(H,23,28). The Kier molecular flexibility index (Phi) is 6.38. The highest BCUT2D eigenvalue weighted by atomic mass is 79.9. The van der Waals surface area contributed by atoms with E-state index in [0.29, 0.717) is 5.82 Å². The molecule has 3 aromatic rings. The first-order chi connectivity index (χ1) is 13.8. The molecule has 0 saturated carbocycles. The van der Waals surface area contributed by atoms with Crippen LogP contribution in [0.4, 0.5) is 5.69 Å². The summed E-state index contributed by atoms with van der Waals surface area (Å²) >= 11 is 3.38. The first-order valence-electron chi connectivity index (χ1n) is 9.04. The first kappa shape index (κ1) is 20.7. The van der Waals surface area contributed by atoms with Crippen molar-refractivity contribution >= 4 is 33.4 Å². The van der Waals surface area contributed by atoms with E-state index in [-0.39, 0.29) is 18.4 Å². The topological polar surface area (TPSA) is 102 Å². The lowest BCUT2D eigenvalue weighted by Gasteiger charge is -2.13. The summed E-state index contributed by atoms with van der Waals surface area (Å²) in [5.74, 6) is -0.253. The number of aryl methyl sites for hydroxylation is 2. The van der Waals surface area contributed by atoms with Crippen molar-refractivity contribution < 1.29 is 9.59 Å². The number of hydrogen-bond donors (Lipinski definition) is 2. The van der Waals surface area contributed by atoms with Gasteiger partial charge in [0.2, 0.25) is 17.6 Å². The first-order valence-corrected chi connectivity index (χ1v) is 9.83. The summed E-state index contributed by atoms with van der Waals surface area (Å²) in [6.45, 7) is 5.34. The third-order valence-electron chi connectivity index (χ3n) is 4.43. The molecule has 0 spiro atoms. The summed E-state index contributed by atoms with van der Waals surface area (Å²) < 4.78 is 0.945. The lowest BCUT2D eigenvalue weighted by Crippen LogP contribution is -2.37. The Morgan fingerprint density at radius 1 is 1.10 bits per heavy atom. The van der Waals surface area contributed by atoms with Crippen LogP contribution in [0.1, 0.15) is 24.1 Å². The van der Waals surface area contributed by atoms with Gasteiger partial charge in [-0.1, -0.05) is 34.1 Å². The molecular formula is C20H21BrN6O2. The van der Waals surface area contributed by atoms with E-state index in [1.807, 2.05) is 56.3 Å². The van der Waals surface area contributed by atoms with Crippen LogP contribution in [0.2, 0.25) is 0 Å². The fraction of sp³-hybridized carbons (Fsp3) is 0.250. The lowest BCUT2D eigenvalue weighted by atomic mass is 10.1. The van der Waals surface area contributed by atoms with Gasteiger partial charge in [-0.25, -0.2) is 0 Å². The number of carbonyl (C=O) groups excluding carboxylic acids is 2. The molecule has 8 nitrogen and oxygen atoms in total. The molecule has 0 radical (unpaired) electrons. The van der Waals surface area contributed by atoms with E-state index >= 15 is 0 Å². The normalized spacial score (nSPS) is 11.7. The summed E-state index contributed by atoms with van der Waals surface area (Å²) in [5, 5.41) is 17.7. The summed E-state index contributed by atoms with van der Waals surface area (Å²) in [7, 11) is 0. The second-order valence-electron chi connectivity index (χ2n) is 6.65. The van der Waals surface area contributed by atoms with Gasteiger partial charge in [0, 0.05) is 15.7 Å². The number of benzene rings is 2. The van der Waals surface area contributed by atoms with Crippen molar-refractivity contribution in [2.75, 3.05) is 11.9 Å². The Morgan fingerprint density at radius 2 is 1.76 bits per heavy atom. The van der Waals surface area contributed by atoms with Gasteiger partial charge in [0.05, 0.1) is 6.54 Å². The number of rotatable bonds is 6. The van der Waals surface area contributed by atoms with Gasteiger partial charge in [0.1, 0.15) is 6.04 Å². The maximum atomic E-state index is 12.4. The van der Waals surface area contributed by atoms with E-state index in [0.717, 1.165) is 26.9 Å². The molecule has 150 valence electrons. The maximum absolute atomic E-state index is 12.4. The molecule has 0 aliphatic rings. The number of carbonyl (C=O) groups is 2. The zero-order valence-electron chi connectivity index (χ0n) is 16.3. The molecule has 0 bridgehead atoms. The number of para-hydroxylation sites is 1. The Bertz CT molecular complexity index is 1010. The molecule has 0 aliphatic heterocycles. The van der Waals surface area contributed by atoms with E-state index in [2.05, 4.69) is 42.0 Å². The molecule has 1 aromatic heterocycles. The highest BCUT2D eigenvalue weighted by Crippen LogP contribution is 2.19. The van der Waals surface area contributed by atoms with E-state index in [4.69, 9.17) is 0 Å². The molecule has 29 heavy (non-hydrogen) atoms.